The molecule has 0 saturated carbocycles. The number of aliphatic hydroxyl groups excluding tert-OH is 1. The number of hydrogen-bond donors (Lipinski definition) is 1. The second kappa shape index (κ2) is 5.35. The molecule has 0 bridgehead atoms. The molecule has 1 aromatic rings. The largest absolute Gasteiger partial charge is 0.366 e. The Labute approximate surface area is 98.6 Å². The lowest BCUT2D eigenvalue weighted by molar-refractivity contribution is -0.180. The molecule has 0 radical (unpaired) electrons. The Kier molecular flexibility index (Phi) is 3.83. The first-order chi connectivity index (χ1) is 8.22. The Morgan fingerprint density at radius 1 is 1.53 bits per heavy atom. The Balaban J connectivity index is 2.12. The summed E-state index contributed by atoms with van der Waals surface area (Å²) < 4.78 is 18.4. The quantitative estimate of drug-likeness (QED) is 0.782. The molecule has 4 nitrogen and oxygen atoms in total. The van der Waals surface area contributed by atoms with Gasteiger partial charge in [-0.2, -0.15) is 0 Å². The maximum Gasteiger partial charge on any atom is 0.177 e. The molecule has 1 heterocycles. The zero-order chi connectivity index (χ0) is 12.3. The van der Waals surface area contributed by atoms with Crippen LogP contribution >= 0.6 is 0 Å². The molecular formula is C12H14FNO3. The van der Waals surface area contributed by atoms with Crippen LogP contribution in [0.15, 0.2) is 24.3 Å². The first-order valence-corrected chi connectivity index (χ1v) is 5.45. The van der Waals surface area contributed by atoms with Gasteiger partial charge in [-0.05, 0) is 6.07 Å². The van der Waals surface area contributed by atoms with E-state index in [-0.39, 0.29) is 12.4 Å². The minimum Gasteiger partial charge on any atom is -0.366 e. The summed E-state index contributed by atoms with van der Waals surface area (Å²) in [6.07, 6.45) is -0.502. The maximum absolute atomic E-state index is 13.5. The zero-order valence-electron chi connectivity index (χ0n) is 9.25. The summed E-state index contributed by atoms with van der Waals surface area (Å²) in [5.74, 6) is -0.307. The number of aldehydes is 1. The third-order valence-corrected chi connectivity index (χ3v) is 2.85. The summed E-state index contributed by atoms with van der Waals surface area (Å²) in [4.78, 5) is 12.6. The molecule has 0 spiro atoms. The Morgan fingerprint density at radius 3 is 3.00 bits per heavy atom. The van der Waals surface area contributed by atoms with E-state index >= 15 is 0 Å². The number of hydrogen-bond acceptors (Lipinski definition) is 4. The highest BCUT2D eigenvalue weighted by molar-refractivity contribution is 5.58. The number of morpholine rings is 1. The predicted octanol–water partition coefficient (Wildman–Crippen LogP) is 0.544. The lowest BCUT2D eigenvalue weighted by Crippen LogP contribution is -2.51. The first kappa shape index (κ1) is 12.2. The van der Waals surface area contributed by atoms with Gasteiger partial charge >= 0.3 is 0 Å². The topological polar surface area (TPSA) is 49.8 Å². The molecule has 5 heteroatoms. The van der Waals surface area contributed by atoms with Crippen LogP contribution in [0, 0.1) is 5.82 Å². The van der Waals surface area contributed by atoms with Crippen LogP contribution < -0.4 is 0 Å². The Hall–Kier alpha value is -1.30. The van der Waals surface area contributed by atoms with Crippen LogP contribution in [0.5, 0.6) is 0 Å². The highest BCUT2D eigenvalue weighted by Gasteiger charge is 2.30. The molecule has 92 valence electrons. The summed E-state index contributed by atoms with van der Waals surface area (Å²) in [7, 11) is 0. The van der Waals surface area contributed by atoms with Gasteiger partial charge in [-0.1, -0.05) is 18.2 Å². The van der Waals surface area contributed by atoms with Gasteiger partial charge in [0.25, 0.3) is 0 Å². The van der Waals surface area contributed by atoms with Crippen LogP contribution in [0.3, 0.4) is 0 Å². The van der Waals surface area contributed by atoms with Gasteiger partial charge in [-0.3, -0.25) is 4.90 Å². The molecule has 1 aliphatic heterocycles. The highest BCUT2D eigenvalue weighted by Crippen LogP contribution is 2.16. The second-order valence-corrected chi connectivity index (χ2v) is 3.95. The number of carbonyl (C=O) groups excluding carboxylic acids is 1. The van der Waals surface area contributed by atoms with E-state index in [0.29, 0.717) is 25.0 Å². The summed E-state index contributed by atoms with van der Waals surface area (Å²) in [5.41, 5.74) is 0.508. The van der Waals surface area contributed by atoms with Crippen LogP contribution in [0.4, 0.5) is 4.39 Å². The average molecular weight is 239 g/mol. The Morgan fingerprint density at radius 2 is 2.29 bits per heavy atom. The minimum atomic E-state index is -1.13. The molecule has 1 saturated heterocycles. The number of rotatable bonds is 3. The van der Waals surface area contributed by atoms with Gasteiger partial charge in [0.1, 0.15) is 18.1 Å². The van der Waals surface area contributed by atoms with Crippen molar-refractivity contribution in [3.05, 3.63) is 35.6 Å². The number of nitrogens with zero attached hydrogens (tertiary/aromatic N) is 1. The van der Waals surface area contributed by atoms with Crippen molar-refractivity contribution < 1.29 is 19.0 Å². The smallest absolute Gasteiger partial charge is 0.177 e. The van der Waals surface area contributed by atoms with E-state index < -0.39 is 12.3 Å². The van der Waals surface area contributed by atoms with E-state index in [0.717, 1.165) is 0 Å². The van der Waals surface area contributed by atoms with Crippen LogP contribution in [0.25, 0.3) is 0 Å². The van der Waals surface area contributed by atoms with Crippen LogP contribution in [-0.2, 0) is 16.1 Å². The monoisotopic (exact) mass is 239 g/mol. The van der Waals surface area contributed by atoms with Gasteiger partial charge in [0.05, 0.1) is 6.61 Å². The van der Waals surface area contributed by atoms with Crippen molar-refractivity contribution in [1.29, 1.82) is 0 Å². The van der Waals surface area contributed by atoms with Crippen molar-refractivity contribution in [1.82, 2.24) is 4.90 Å². The molecule has 17 heavy (non-hydrogen) atoms. The van der Waals surface area contributed by atoms with Gasteiger partial charge < -0.3 is 14.6 Å². The summed E-state index contributed by atoms with van der Waals surface area (Å²) >= 11 is 0. The number of ether oxygens (including phenoxy) is 1. The number of aliphatic hydroxyl groups is 1. The van der Waals surface area contributed by atoms with Gasteiger partial charge in [-0.15, -0.1) is 0 Å². The lowest BCUT2D eigenvalue weighted by Gasteiger charge is -2.35. The van der Waals surface area contributed by atoms with Gasteiger partial charge in [0, 0.05) is 18.7 Å². The molecular weight excluding hydrogens is 225 g/mol. The summed E-state index contributed by atoms with van der Waals surface area (Å²) in [5, 5.41) is 9.50. The predicted molar refractivity (Wildman–Crippen MR) is 58.6 cm³/mol. The van der Waals surface area contributed by atoms with E-state index in [2.05, 4.69) is 0 Å². The fourth-order valence-electron chi connectivity index (χ4n) is 1.90. The van der Waals surface area contributed by atoms with Crippen LogP contribution in [0.2, 0.25) is 0 Å². The molecule has 2 unspecified atom stereocenters. The van der Waals surface area contributed by atoms with E-state index in [1.807, 2.05) is 0 Å². The standard InChI is InChI=1S/C12H14FNO3/c13-10-4-2-1-3-9(10)7-14-5-6-17-12(16)11(14)8-15/h1-4,8,11-12,16H,5-7H2. The van der Waals surface area contributed by atoms with Gasteiger partial charge in [0.2, 0.25) is 0 Å². The zero-order valence-corrected chi connectivity index (χ0v) is 9.25. The van der Waals surface area contributed by atoms with Crippen molar-refractivity contribution in [2.45, 2.75) is 18.9 Å². The third kappa shape index (κ3) is 2.69. The van der Waals surface area contributed by atoms with E-state index in [9.17, 15) is 14.3 Å². The van der Waals surface area contributed by atoms with E-state index in [1.54, 1.807) is 23.1 Å². The second-order valence-electron chi connectivity index (χ2n) is 3.95. The summed E-state index contributed by atoms with van der Waals surface area (Å²) in [6, 6.07) is 5.67. The van der Waals surface area contributed by atoms with Gasteiger partial charge in [-0.25, -0.2) is 4.39 Å². The molecule has 0 amide bonds. The molecule has 1 aliphatic rings. The van der Waals surface area contributed by atoms with Crippen molar-refractivity contribution >= 4 is 6.29 Å². The van der Waals surface area contributed by atoms with E-state index in [4.69, 9.17) is 4.74 Å². The van der Waals surface area contributed by atoms with Crippen molar-refractivity contribution in [3.63, 3.8) is 0 Å². The van der Waals surface area contributed by atoms with E-state index in [1.165, 1.54) is 6.07 Å². The molecule has 1 N–H and O–H groups in total. The fourth-order valence-corrected chi connectivity index (χ4v) is 1.90. The minimum absolute atomic E-state index is 0.288. The van der Waals surface area contributed by atoms with Crippen molar-refractivity contribution in [2.24, 2.45) is 0 Å². The van der Waals surface area contributed by atoms with Gasteiger partial charge in [0.15, 0.2) is 6.29 Å². The number of carbonyl (C=O) groups is 1. The maximum atomic E-state index is 13.5. The number of halogens is 1. The molecule has 1 fully saturated rings. The lowest BCUT2D eigenvalue weighted by atomic mass is 10.1. The SMILES string of the molecule is O=CC1C(O)OCCN1Cc1ccccc1F. The molecule has 1 aromatic carbocycles. The van der Waals surface area contributed by atoms with Crippen LogP contribution in [0.1, 0.15) is 5.56 Å². The highest BCUT2D eigenvalue weighted by atomic mass is 19.1. The summed E-state index contributed by atoms with van der Waals surface area (Å²) in [6.45, 7) is 1.12. The first-order valence-electron chi connectivity index (χ1n) is 5.45. The molecule has 2 atom stereocenters. The average Bonchev–Trinajstić information content (AvgIpc) is 2.32. The fraction of sp³-hybridized carbons (Fsp3) is 0.417. The van der Waals surface area contributed by atoms with Crippen molar-refractivity contribution in [3.8, 4) is 0 Å². The molecule has 0 aliphatic carbocycles. The normalized spacial score (nSPS) is 25.8. The number of benzene rings is 1. The Bertz CT molecular complexity index is 399. The third-order valence-electron chi connectivity index (χ3n) is 2.85. The van der Waals surface area contributed by atoms with Crippen LogP contribution in [-0.4, -0.2) is 41.8 Å². The van der Waals surface area contributed by atoms with Crippen molar-refractivity contribution in [2.75, 3.05) is 13.2 Å². The molecule has 2 rings (SSSR count). The molecule has 0 aromatic heterocycles.